The maximum atomic E-state index is 12.1. The highest BCUT2D eigenvalue weighted by atomic mass is 35.5. The number of carbonyl (C=O) groups is 2. The van der Waals surface area contributed by atoms with Crippen LogP contribution in [0.3, 0.4) is 0 Å². The Hall–Kier alpha value is -2.73. The molecule has 1 amide bonds. The fraction of sp³-hybridized carbons (Fsp3) is 0.263. The molecule has 26 heavy (non-hydrogen) atoms. The predicted octanol–water partition coefficient (Wildman–Crippen LogP) is 3.52. The van der Waals surface area contributed by atoms with Crippen LogP contribution in [0.5, 0.6) is 11.5 Å². The number of carbonyl (C=O) groups excluding carboxylic acids is 1. The number of nitrogens with one attached hydrogen (secondary N) is 1. The normalized spacial score (nSPS) is 10.2. The van der Waals surface area contributed by atoms with Crippen LogP contribution in [0, 0.1) is 0 Å². The molecule has 0 spiro atoms. The van der Waals surface area contributed by atoms with Crippen LogP contribution in [0.1, 0.15) is 28.8 Å². The maximum Gasteiger partial charge on any atom is 0.303 e. The Labute approximate surface area is 156 Å². The van der Waals surface area contributed by atoms with E-state index in [0.717, 1.165) is 5.56 Å². The second-order valence-electron chi connectivity index (χ2n) is 5.53. The summed E-state index contributed by atoms with van der Waals surface area (Å²) in [6.45, 7) is 0.635. The van der Waals surface area contributed by atoms with Crippen molar-refractivity contribution in [3.05, 3.63) is 58.6 Å². The van der Waals surface area contributed by atoms with Gasteiger partial charge in [-0.3, -0.25) is 9.59 Å². The van der Waals surface area contributed by atoms with Gasteiger partial charge in [0.25, 0.3) is 5.91 Å². The van der Waals surface area contributed by atoms with Gasteiger partial charge in [-0.25, -0.2) is 0 Å². The molecule has 0 aliphatic carbocycles. The zero-order chi connectivity index (χ0) is 18.9. The largest absolute Gasteiger partial charge is 0.493 e. The molecular weight excluding hydrogens is 358 g/mol. The van der Waals surface area contributed by atoms with Gasteiger partial charge in [0.1, 0.15) is 6.61 Å². The monoisotopic (exact) mass is 377 g/mol. The number of carboxylic acid groups (broad SMARTS) is 1. The van der Waals surface area contributed by atoms with Crippen LogP contribution >= 0.6 is 11.6 Å². The molecule has 0 bridgehead atoms. The van der Waals surface area contributed by atoms with Gasteiger partial charge in [-0.1, -0.05) is 23.7 Å². The molecule has 6 nitrogen and oxygen atoms in total. The number of hydrogen-bond acceptors (Lipinski definition) is 4. The molecule has 0 aliphatic heterocycles. The lowest BCUT2D eigenvalue weighted by Crippen LogP contribution is -2.24. The van der Waals surface area contributed by atoms with Crippen molar-refractivity contribution < 1.29 is 24.2 Å². The number of amides is 1. The molecular formula is C19H20ClNO5. The standard InChI is InChI=1S/C19H20ClNO5/c1-25-17-11-14(19(24)21-10-2-3-18(22)23)6-9-16(17)26-12-13-4-7-15(20)8-5-13/h4-9,11H,2-3,10,12H2,1H3,(H,21,24)(H,22,23). The van der Waals surface area contributed by atoms with E-state index < -0.39 is 5.97 Å². The number of carboxylic acids is 1. The molecule has 0 saturated carbocycles. The number of hydrogen-bond donors (Lipinski definition) is 2. The molecule has 2 aromatic rings. The average molecular weight is 378 g/mol. The van der Waals surface area contributed by atoms with Crippen LogP contribution < -0.4 is 14.8 Å². The smallest absolute Gasteiger partial charge is 0.303 e. The summed E-state index contributed by atoms with van der Waals surface area (Å²) in [6.07, 6.45) is 0.390. The van der Waals surface area contributed by atoms with Crippen molar-refractivity contribution in [2.45, 2.75) is 19.4 Å². The highest BCUT2D eigenvalue weighted by molar-refractivity contribution is 6.30. The average Bonchev–Trinajstić information content (AvgIpc) is 2.64. The molecule has 0 aliphatic rings. The SMILES string of the molecule is COc1cc(C(=O)NCCCC(=O)O)ccc1OCc1ccc(Cl)cc1. The van der Waals surface area contributed by atoms with Gasteiger partial charge in [0.15, 0.2) is 11.5 Å². The molecule has 2 rings (SSSR count). The van der Waals surface area contributed by atoms with E-state index in [1.165, 1.54) is 7.11 Å². The minimum Gasteiger partial charge on any atom is -0.493 e. The van der Waals surface area contributed by atoms with Gasteiger partial charge in [-0.2, -0.15) is 0 Å². The second-order valence-corrected chi connectivity index (χ2v) is 5.97. The molecule has 0 aromatic heterocycles. The topological polar surface area (TPSA) is 84.9 Å². The third-order valence-corrected chi connectivity index (χ3v) is 3.84. The number of halogens is 1. The molecule has 7 heteroatoms. The molecule has 0 fully saturated rings. The van der Waals surface area contributed by atoms with E-state index in [1.807, 2.05) is 12.1 Å². The van der Waals surface area contributed by atoms with Crippen LogP contribution in [-0.2, 0) is 11.4 Å². The Morgan fingerprint density at radius 1 is 1.12 bits per heavy atom. The maximum absolute atomic E-state index is 12.1. The van der Waals surface area contributed by atoms with Gasteiger partial charge in [0.05, 0.1) is 7.11 Å². The first-order valence-electron chi connectivity index (χ1n) is 8.05. The summed E-state index contributed by atoms with van der Waals surface area (Å²) in [4.78, 5) is 22.6. The van der Waals surface area contributed by atoms with Gasteiger partial charge in [0, 0.05) is 23.6 Å². The van der Waals surface area contributed by atoms with E-state index in [2.05, 4.69) is 5.32 Å². The predicted molar refractivity (Wildman–Crippen MR) is 98.0 cm³/mol. The fourth-order valence-electron chi connectivity index (χ4n) is 2.21. The number of aliphatic carboxylic acids is 1. The first-order valence-corrected chi connectivity index (χ1v) is 8.42. The van der Waals surface area contributed by atoms with Crippen molar-refractivity contribution in [3.8, 4) is 11.5 Å². The first-order chi connectivity index (χ1) is 12.5. The quantitative estimate of drug-likeness (QED) is 0.653. The summed E-state index contributed by atoms with van der Waals surface area (Å²) in [7, 11) is 1.50. The molecule has 0 unspecified atom stereocenters. The lowest BCUT2D eigenvalue weighted by atomic mass is 10.2. The number of ether oxygens (including phenoxy) is 2. The Bertz CT molecular complexity index is 761. The molecule has 2 aromatic carbocycles. The van der Waals surface area contributed by atoms with Crippen molar-refractivity contribution in [3.63, 3.8) is 0 Å². The van der Waals surface area contributed by atoms with Crippen molar-refractivity contribution in [2.75, 3.05) is 13.7 Å². The third kappa shape index (κ3) is 5.97. The molecule has 0 heterocycles. The Morgan fingerprint density at radius 2 is 1.85 bits per heavy atom. The lowest BCUT2D eigenvalue weighted by molar-refractivity contribution is -0.137. The lowest BCUT2D eigenvalue weighted by Gasteiger charge is -2.12. The van der Waals surface area contributed by atoms with E-state index in [4.69, 9.17) is 26.2 Å². The zero-order valence-corrected chi connectivity index (χ0v) is 15.1. The molecule has 0 saturated heterocycles. The molecule has 2 N–H and O–H groups in total. The summed E-state index contributed by atoms with van der Waals surface area (Å²) in [5.41, 5.74) is 1.37. The van der Waals surface area contributed by atoms with Gasteiger partial charge in [-0.05, 0) is 42.3 Å². The Kier molecular flexibility index (Phi) is 7.29. The summed E-state index contributed by atoms with van der Waals surface area (Å²) in [5.74, 6) is -0.219. The van der Waals surface area contributed by atoms with E-state index >= 15 is 0 Å². The van der Waals surface area contributed by atoms with E-state index in [-0.39, 0.29) is 12.3 Å². The number of benzene rings is 2. The Morgan fingerprint density at radius 3 is 2.50 bits per heavy atom. The summed E-state index contributed by atoms with van der Waals surface area (Å²) >= 11 is 5.86. The van der Waals surface area contributed by atoms with E-state index in [1.54, 1.807) is 30.3 Å². The van der Waals surface area contributed by atoms with Gasteiger partial charge in [0.2, 0.25) is 0 Å². The summed E-state index contributed by atoms with van der Waals surface area (Å²) in [5, 5.41) is 11.9. The van der Waals surface area contributed by atoms with Gasteiger partial charge in [-0.15, -0.1) is 0 Å². The zero-order valence-electron chi connectivity index (χ0n) is 14.3. The molecule has 0 atom stereocenters. The van der Waals surface area contributed by atoms with Crippen molar-refractivity contribution in [2.24, 2.45) is 0 Å². The number of methoxy groups -OCH3 is 1. The fourth-order valence-corrected chi connectivity index (χ4v) is 2.34. The minimum absolute atomic E-state index is 0.0150. The van der Waals surface area contributed by atoms with E-state index in [0.29, 0.717) is 41.7 Å². The van der Waals surface area contributed by atoms with Crippen LogP contribution in [0.2, 0.25) is 5.02 Å². The van der Waals surface area contributed by atoms with Crippen molar-refractivity contribution in [1.82, 2.24) is 5.32 Å². The van der Waals surface area contributed by atoms with Gasteiger partial charge < -0.3 is 19.9 Å². The second kappa shape index (κ2) is 9.68. The van der Waals surface area contributed by atoms with Crippen molar-refractivity contribution >= 4 is 23.5 Å². The van der Waals surface area contributed by atoms with Gasteiger partial charge >= 0.3 is 5.97 Å². The molecule has 0 radical (unpaired) electrons. The number of rotatable bonds is 9. The third-order valence-electron chi connectivity index (χ3n) is 3.59. The summed E-state index contributed by atoms with van der Waals surface area (Å²) in [6, 6.07) is 12.2. The van der Waals surface area contributed by atoms with Crippen LogP contribution in [0.25, 0.3) is 0 Å². The highest BCUT2D eigenvalue weighted by Gasteiger charge is 2.11. The van der Waals surface area contributed by atoms with Crippen LogP contribution in [0.4, 0.5) is 0 Å². The first kappa shape index (κ1) is 19.6. The minimum atomic E-state index is -0.886. The highest BCUT2D eigenvalue weighted by Crippen LogP contribution is 2.29. The van der Waals surface area contributed by atoms with Crippen molar-refractivity contribution in [1.29, 1.82) is 0 Å². The van der Waals surface area contributed by atoms with Crippen LogP contribution in [0.15, 0.2) is 42.5 Å². The van der Waals surface area contributed by atoms with Crippen LogP contribution in [-0.4, -0.2) is 30.6 Å². The molecule has 138 valence electrons. The Balaban J connectivity index is 1.96. The van der Waals surface area contributed by atoms with E-state index in [9.17, 15) is 9.59 Å². The summed E-state index contributed by atoms with van der Waals surface area (Å²) < 4.78 is 11.0.